The lowest BCUT2D eigenvalue weighted by Crippen LogP contribution is -2.16. The third-order valence-electron chi connectivity index (χ3n) is 4.61. The molecular formula is C28H35ClF3N5O. The van der Waals surface area contributed by atoms with Crippen molar-refractivity contribution in [3.63, 3.8) is 0 Å². The summed E-state index contributed by atoms with van der Waals surface area (Å²) in [4.78, 5) is 20.6. The molecule has 2 aromatic rings. The van der Waals surface area contributed by atoms with E-state index in [0.717, 1.165) is 29.9 Å². The molecule has 1 amide bonds. The summed E-state index contributed by atoms with van der Waals surface area (Å²) < 4.78 is 38.4. The molecule has 3 N–H and O–H groups in total. The SMILES string of the molecule is CCC.CNC.CNC1=CC=CCC=C1N=Cc1cc(NC(=O)c2ccc(C(F)(F)F)nc2C)ccc1Cl. The molecule has 0 spiro atoms. The number of anilines is 1. The number of carbonyl (C=O) groups excluding carboxylic acids is 1. The Kier molecular flexibility index (Phi) is 14.1. The van der Waals surface area contributed by atoms with Crippen molar-refractivity contribution in [3.05, 3.63) is 93.6 Å². The highest BCUT2D eigenvalue weighted by Gasteiger charge is 2.33. The van der Waals surface area contributed by atoms with Crippen LogP contribution in [0.1, 0.15) is 54.0 Å². The molecule has 6 nitrogen and oxygen atoms in total. The van der Waals surface area contributed by atoms with Crippen LogP contribution >= 0.6 is 11.6 Å². The van der Waals surface area contributed by atoms with Crippen LogP contribution in [-0.4, -0.2) is 38.2 Å². The zero-order chi connectivity index (χ0) is 28.7. The van der Waals surface area contributed by atoms with Crippen molar-refractivity contribution in [2.75, 3.05) is 26.5 Å². The van der Waals surface area contributed by atoms with E-state index >= 15 is 0 Å². The normalized spacial score (nSPS) is 12.8. The summed E-state index contributed by atoms with van der Waals surface area (Å²) in [6.07, 6.45) is 6.81. The van der Waals surface area contributed by atoms with Gasteiger partial charge in [-0.1, -0.05) is 50.1 Å². The molecule has 3 rings (SSSR count). The van der Waals surface area contributed by atoms with Crippen LogP contribution in [0, 0.1) is 6.92 Å². The van der Waals surface area contributed by atoms with Gasteiger partial charge in [-0.3, -0.25) is 9.79 Å². The monoisotopic (exact) mass is 549 g/mol. The second-order valence-electron chi connectivity index (χ2n) is 8.07. The lowest BCUT2D eigenvalue weighted by atomic mass is 10.1. The first-order valence-electron chi connectivity index (χ1n) is 12.1. The number of alkyl halides is 3. The van der Waals surface area contributed by atoms with Gasteiger partial charge in [0.1, 0.15) is 5.69 Å². The summed E-state index contributed by atoms with van der Waals surface area (Å²) in [6.45, 7) is 5.60. The maximum atomic E-state index is 12.8. The van der Waals surface area contributed by atoms with Crippen molar-refractivity contribution in [3.8, 4) is 0 Å². The second kappa shape index (κ2) is 16.4. The first-order valence-corrected chi connectivity index (χ1v) is 12.4. The Morgan fingerprint density at radius 3 is 2.39 bits per heavy atom. The number of benzene rings is 1. The minimum atomic E-state index is -4.57. The summed E-state index contributed by atoms with van der Waals surface area (Å²) in [6, 6.07) is 6.72. The number of pyridine rings is 1. The van der Waals surface area contributed by atoms with Gasteiger partial charge in [0.25, 0.3) is 5.91 Å². The molecule has 0 atom stereocenters. The number of nitrogens with zero attached hydrogens (tertiary/aromatic N) is 2. The number of aliphatic imine (C=N–C) groups is 1. The minimum Gasteiger partial charge on any atom is -0.386 e. The number of rotatable bonds is 5. The van der Waals surface area contributed by atoms with Crippen molar-refractivity contribution in [1.82, 2.24) is 15.6 Å². The molecule has 0 fully saturated rings. The fourth-order valence-electron chi connectivity index (χ4n) is 2.97. The average Bonchev–Trinajstić information content (AvgIpc) is 3.09. The van der Waals surface area contributed by atoms with Crippen LogP contribution in [0.3, 0.4) is 0 Å². The molecule has 206 valence electrons. The van der Waals surface area contributed by atoms with Gasteiger partial charge in [-0.05, 0) is 63.8 Å². The fourth-order valence-corrected chi connectivity index (χ4v) is 3.13. The van der Waals surface area contributed by atoms with Gasteiger partial charge in [-0.2, -0.15) is 13.2 Å². The molecule has 0 aliphatic heterocycles. The van der Waals surface area contributed by atoms with Gasteiger partial charge in [0.2, 0.25) is 0 Å². The smallest absolute Gasteiger partial charge is 0.386 e. The summed E-state index contributed by atoms with van der Waals surface area (Å²) >= 11 is 6.27. The maximum absolute atomic E-state index is 12.8. The van der Waals surface area contributed by atoms with Crippen LogP contribution in [0.5, 0.6) is 0 Å². The number of nitrogens with one attached hydrogen (secondary N) is 3. The van der Waals surface area contributed by atoms with Gasteiger partial charge < -0.3 is 16.0 Å². The van der Waals surface area contributed by atoms with E-state index in [1.165, 1.54) is 13.3 Å². The topological polar surface area (TPSA) is 78.4 Å². The zero-order valence-electron chi connectivity index (χ0n) is 22.5. The van der Waals surface area contributed by atoms with Crippen LogP contribution in [0.15, 0.2) is 71.0 Å². The average molecular weight is 550 g/mol. The van der Waals surface area contributed by atoms with E-state index in [1.54, 1.807) is 31.5 Å². The van der Waals surface area contributed by atoms with Crippen molar-refractivity contribution >= 4 is 29.4 Å². The van der Waals surface area contributed by atoms with Crippen LogP contribution in [0.25, 0.3) is 0 Å². The van der Waals surface area contributed by atoms with Gasteiger partial charge in [-0.25, -0.2) is 4.98 Å². The summed E-state index contributed by atoms with van der Waals surface area (Å²) in [5.41, 5.74) is 1.56. The van der Waals surface area contributed by atoms with Crippen LogP contribution in [0.2, 0.25) is 5.02 Å². The maximum Gasteiger partial charge on any atom is 0.433 e. The Bertz CT molecular complexity index is 1190. The molecule has 0 saturated heterocycles. The second-order valence-corrected chi connectivity index (χ2v) is 8.47. The number of hydrogen-bond acceptors (Lipinski definition) is 5. The summed E-state index contributed by atoms with van der Waals surface area (Å²) in [5.74, 6) is -0.577. The molecule has 1 aliphatic carbocycles. The van der Waals surface area contributed by atoms with Crippen molar-refractivity contribution in [2.24, 2.45) is 4.99 Å². The molecular weight excluding hydrogens is 515 g/mol. The third kappa shape index (κ3) is 10.5. The first-order chi connectivity index (χ1) is 18.0. The number of halogens is 4. The number of allylic oxidation sites excluding steroid dienone is 4. The number of amides is 1. The van der Waals surface area contributed by atoms with Gasteiger partial charge in [0.05, 0.1) is 22.7 Å². The zero-order valence-corrected chi connectivity index (χ0v) is 23.3. The van der Waals surface area contributed by atoms with Gasteiger partial charge >= 0.3 is 6.18 Å². The minimum absolute atomic E-state index is 0.0200. The molecule has 1 heterocycles. The lowest BCUT2D eigenvalue weighted by Gasteiger charge is -2.11. The third-order valence-corrected chi connectivity index (χ3v) is 4.95. The van der Waals surface area contributed by atoms with E-state index in [-0.39, 0.29) is 11.3 Å². The molecule has 0 unspecified atom stereocenters. The highest BCUT2D eigenvalue weighted by Crippen LogP contribution is 2.28. The van der Waals surface area contributed by atoms with E-state index in [9.17, 15) is 18.0 Å². The van der Waals surface area contributed by atoms with E-state index < -0.39 is 17.8 Å². The first kappa shape index (κ1) is 32.6. The van der Waals surface area contributed by atoms with Crippen molar-refractivity contribution in [2.45, 2.75) is 39.8 Å². The van der Waals surface area contributed by atoms with Crippen molar-refractivity contribution < 1.29 is 18.0 Å². The predicted molar refractivity (Wildman–Crippen MR) is 151 cm³/mol. The molecule has 10 heteroatoms. The Morgan fingerprint density at radius 1 is 1.16 bits per heavy atom. The fraction of sp³-hybridized carbons (Fsp3) is 0.321. The number of likely N-dealkylation sites (N-methyl/N-ethyl adjacent to an activating group) is 1. The van der Waals surface area contributed by atoms with E-state index in [2.05, 4.69) is 39.8 Å². The predicted octanol–water partition coefficient (Wildman–Crippen LogP) is 6.93. The standard InChI is InChI=1S/C23H20ClF3N4O.C3H8.C2H7N/c1-14-17(9-11-21(30-14)23(25,26)27)22(32)31-16-8-10-18(24)15(12-16)13-29-20-7-5-3-4-6-19(20)28-2;2*1-3-2/h3-4,6-13,28H,5H2,1-2H3,(H,31,32);3H2,1-2H3;3H,1-2H3. The van der Waals surface area contributed by atoms with Crippen molar-refractivity contribution in [1.29, 1.82) is 0 Å². The highest BCUT2D eigenvalue weighted by atomic mass is 35.5. The highest BCUT2D eigenvalue weighted by molar-refractivity contribution is 6.33. The Labute approximate surface area is 227 Å². The van der Waals surface area contributed by atoms with Gasteiger partial charge in [0.15, 0.2) is 0 Å². The number of hydrogen-bond donors (Lipinski definition) is 3. The van der Waals surface area contributed by atoms with E-state index in [0.29, 0.717) is 16.3 Å². The van der Waals surface area contributed by atoms with Crippen LogP contribution < -0.4 is 16.0 Å². The molecule has 38 heavy (non-hydrogen) atoms. The lowest BCUT2D eigenvalue weighted by molar-refractivity contribution is -0.141. The molecule has 0 radical (unpaired) electrons. The number of carbonyl (C=O) groups is 1. The largest absolute Gasteiger partial charge is 0.433 e. The Morgan fingerprint density at radius 2 is 1.82 bits per heavy atom. The van der Waals surface area contributed by atoms with Crippen LogP contribution in [0.4, 0.5) is 18.9 Å². The summed E-state index contributed by atoms with van der Waals surface area (Å²) in [7, 11) is 5.55. The Hall–Kier alpha value is -3.43. The van der Waals surface area contributed by atoms with Crippen LogP contribution in [-0.2, 0) is 6.18 Å². The quantitative estimate of drug-likeness (QED) is 0.353. The molecule has 1 aromatic carbocycles. The molecule has 1 aromatic heterocycles. The number of aryl methyl sites for hydroxylation is 1. The van der Waals surface area contributed by atoms with E-state index in [4.69, 9.17) is 11.6 Å². The van der Waals surface area contributed by atoms with E-state index in [1.807, 2.05) is 38.4 Å². The Balaban J connectivity index is 0.00000110. The molecule has 0 bridgehead atoms. The molecule has 0 saturated carbocycles. The van der Waals surface area contributed by atoms with Gasteiger partial charge in [0, 0.05) is 29.5 Å². The summed E-state index contributed by atoms with van der Waals surface area (Å²) in [5, 5.41) is 8.93. The molecule has 1 aliphatic rings. The van der Waals surface area contributed by atoms with Gasteiger partial charge in [-0.15, -0.1) is 0 Å². The number of aromatic nitrogens is 1.